The van der Waals surface area contributed by atoms with Crippen LogP contribution in [0.25, 0.3) is 0 Å². The summed E-state index contributed by atoms with van der Waals surface area (Å²) in [6.07, 6.45) is 0. The van der Waals surface area contributed by atoms with Gasteiger partial charge < -0.3 is 5.32 Å². The molecular weight excluding hydrogens is 404 g/mol. The lowest BCUT2D eigenvalue weighted by Crippen LogP contribution is -2.13. The normalized spacial score (nSPS) is 10.2. The maximum absolute atomic E-state index is 12.2. The lowest BCUT2D eigenvalue weighted by atomic mass is 10.1. The molecule has 108 valence electrons. The van der Waals surface area contributed by atoms with Crippen LogP contribution in [0.3, 0.4) is 0 Å². The number of carbonyl (C=O) groups is 1. The van der Waals surface area contributed by atoms with Gasteiger partial charge in [-0.15, -0.1) is 0 Å². The van der Waals surface area contributed by atoms with Crippen molar-refractivity contribution < 1.29 is 9.72 Å². The second-order valence-electron chi connectivity index (χ2n) is 4.32. The highest BCUT2D eigenvalue weighted by molar-refractivity contribution is 9.11. The molecular formula is C14H10Br2N2O3. The first-order chi connectivity index (χ1) is 9.88. The van der Waals surface area contributed by atoms with Crippen molar-refractivity contribution in [2.24, 2.45) is 0 Å². The highest BCUT2D eigenvalue weighted by Crippen LogP contribution is 2.26. The average Bonchev–Trinajstić information content (AvgIpc) is 2.39. The third-order valence-corrected chi connectivity index (χ3v) is 3.79. The number of anilines is 1. The van der Waals surface area contributed by atoms with Crippen molar-refractivity contribution in [3.05, 3.63) is 66.6 Å². The van der Waals surface area contributed by atoms with Crippen LogP contribution in [0.2, 0.25) is 0 Å². The Morgan fingerprint density at radius 2 is 1.81 bits per heavy atom. The Kier molecular flexibility index (Phi) is 4.74. The first kappa shape index (κ1) is 15.7. The van der Waals surface area contributed by atoms with Crippen LogP contribution in [0.1, 0.15) is 15.9 Å². The molecule has 0 spiro atoms. The molecule has 0 bridgehead atoms. The number of nitrogens with one attached hydrogen (secondary N) is 1. The van der Waals surface area contributed by atoms with Crippen LogP contribution in [-0.2, 0) is 0 Å². The molecule has 1 N–H and O–H groups in total. The first-order valence-corrected chi connectivity index (χ1v) is 7.48. The Morgan fingerprint density at radius 3 is 2.38 bits per heavy atom. The minimum Gasteiger partial charge on any atom is -0.321 e. The molecule has 0 atom stereocenters. The zero-order valence-corrected chi connectivity index (χ0v) is 14.1. The number of carbonyl (C=O) groups excluding carboxylic acids is 1. The predicted molar refractivity (Wildman–Crippen MR) is 87.6 cm³/mol. The van der Waals surface area contributed by atoms with E-state index in [1.165, 1.54) is 12.1 Å². The number of nitro benzene ring substituents is 1. The zero-order valence-electron chi connectivity index (χ0n) is 10.9. The highest BCUT2D eigenvalue weighted by Gasteiger charge is 2.15. The lowest BCUT2D eigenvalue weighted by molar-refractivity contribution is -0.385. The molecule has 1 amide bonds. The van der Waals surface area contributed by atoms with Crippen LogP contribution >= 0.6 is 31.9 Å². The second kappa shape index (κ2) is 6.36. The summed E-state index contributed by atoms with van der Waals surface area (Å²) < 4.78 is 1.52. The van der Waals surface area contributed by atoms with Gasteiger partial charge in [0.1, 0.15) is 0 Å². The number of rotatable bonds is 3. The molecule has 2 aromatic carbocycles. The summed E-state index contributed by atoms with van der Waals surface area (Å²) in [5, 5.41) is 13.6. The third-order valence-electron chi connectivity index (χ3n) is 2.87. The predicted octanol–water partition coefficient (Wildman–Crippen LogP) is 4.68. The standard InChI is InChI=1S/C14H10Br2N2O3/c1-8-12(3-2-4-13(8)18(20)21)17-14(19)9-5-10(15)7-11(16)6-9/h2-7H,1H3,(H,17,19). The van der Waals surface area contributed by atoms with Gasteiger partial charge in [0.25, 0.3) is 11.6 Å². The summed E-state index contributed by atoms with van der Waals surface area (Å²) in [4.78, 5) is 22.7. The van der Waals surface area contributed by atoms with E-state index in [2.05, 4.69) is 37.2 Å². The minimum absolute atomic E-state index is 0.0248. The summed E-state index contributed by atoms with van der Waals surface area (Å²) in [7, 11) is 0. The Hall–Kier alpha value is -1.73. The fourth-order valence-corrected chi connectivity index (χ4v) is 3.13. The minimum atomic E-state index is -0.472. The van der Waals surface area contributed by atoms with Crippen molar-refractivity contribution in [1.29, 1.82) is 0 Å². The molecule has 0 saturated heterocycles. The summed E-state index contributed by atoms with van der Waals surface area (Å²) in [5.74, 6) is -0.333. The van der Waals surface area contributed by atoms with E-state index in [-0.39, 0.29) is 11.6 Å². The van der Waals surface area contributed by atoms with Crippen molar-refractivity contribution in [2.75, 3.05) is 5.32 Å². The van der Waals surface area contributed by atoms with Gasteiger partial charge in [-0.05, 0) is 31.2 Å². The van der Waals surface area contributed by atoms with Crippen molar-refractivity contribution in [3.8, 4) is 0 Å². The molecule has 0 saturated carbocycles. The molecule has 0 aromatic heterocycles. The molecule has 2 aromatic rings. The molecule has 0 unspecified atom stereocenters. The average molecular weight is 414 g/mol. The van der Waals surface area contributed by atoms with E-state index in [1.54, 1.807) is 25.1 Å². The fourth-order valence-electron chi connectivity index (χ4n) is 1.84. The van der Waals surface area contributed by atoms with Crippen LogP contribution in [0, 0.1) is 17.0 Å². The van der Waals surface area contributed by atoms with Crippen molar-refractivity contribution >= 4 is 49.1 Å². The molecule has 0 aliphatic heterocycles. The van der Waals surface area contributed by atoms with E-state index >= 15 is 0 Å². The molecule has 7 heteroatoms. The van der Waals surface area contributed by atoms with Crippen LogP contribution in [0.15, 0.2) is 45.3 Å². The largest absolute Gasteiger partial charge is 0.321 e. The quantitative estimate of drug-likeness (QED) is 0.586. The van der Waals surface area contributed by atoms with Gasteiger partial charge in [0, 0.05) is 20.6 Å². The van der Waals surface area contributed by atoms with Gasteiger partial charge in [0.05, 0.1) is 16.2 Å². The van der Waals surface area contributed by atoms with E-state index in [0.717, 1.165) is 8.95 Å². The summed E-state index contributed by atoms with van der Waals surface area (Å²) in [6.45, 7) is 1.60. The van der Waals surface area contributed by atoms with Gasteiger partial charge in [-0.2, -0.15) is 0 Å². The van der Waals surface area contributed by atoms with Gasteiger partial charge in [0.2, 0.25) is 0 Å². The van der Waals surface area contributed by atoms with Gasteiger partial charge in [-0.1, -0.05) is 37.9 Å². The van der Waals surface area contributed by atoms with E-state index in [1.807, 2.05) is 6.07 Å². The van der Waals surface area contributed by atoms with Crippen LogP contribution in [-0.4, -0.2) is 10.8 Å². The summed E-state index contributed by atoms with van der Waals surface area (Å²) >= 11 is 6.63. The molecule has 0 heterocycles. The molecule has 0 aliphatic carbocycles. The van der Waals surface area contributed by atoms with Crippen LogP contribution in [0.5, 0.6) is 0 Å². The topological polar surface area (TPSA) is 72.2 Å². The molecule has 0 radical (unpaired) electrons. The number of nitrogens with zero attached hydrogens (tertiary/aromatic N) is 1. The van der Waals surface area contributed by atoms with E-state index in [9.17, 15) is 14.9 Å². The number of hydrogen-bond acceptors (Lipinski definition) is 3. The fraction of sp³-hybridized carbons (Fsp3) is 0.0714. The number of halogens is 2. The van der Waals surface area contributed by atoms with E-state index in [0.29, 0.717) is 16.8 Å². The Labute approximate surface area is 137 Å². The van der Waals surface area contributed by atoms with Gasteiger partial charge >= 0.3 is 0 Å². The zero-order chi connectivity index (χ0) is 15.6. The molecule has 0 aliphatic rings. The second-order valence-corrected chi connectivity index (χ2v) is 6.15. The number of nitro groups is 1. The lowest BCUT2D eigenvalue weighted by Gasteiger charge is -2.09. The van der Waals surface area contributed by atoms with Crippen molar-refractivity contribution in [1.82, 2.24) is 0 Å². The first-order valence-electron chi connectivity index (χ1n) is 5.90. The number of benzene rings is 2. The molecule has 5 nitrogen and oxygen atoms in total. The monoisotopic (exact) mass is 412 g/mol. The molecule has 2 rings (SSSR count). The summed E-state index contributed by atoms with van der Waals surface area (Å²) in [5.41, 5.74) is 1.26. The van der Waals surface area contributed by atoms with Crippen molar-refractivity contribution in [3.63, 3.8) is 0 Å². The molecule has 21 heavy (non-hydrogen) atoms. The van der Waals surface area contributed by atoms with Gasteiger partial charge in [-0.3, -0.25) is 14.9 Å². The van der Waals surface area contributed by atoms with E-state index < -0.39 is 4.92 Å². The smallest absolute Gasteiger partial charge is 0.274 e. The van der Waals surface area contributed by atoms with Gasteiger partial charge in [-0.25, -0.2) is 0 Å². The maximum Gasteiger partial charge on any atom is 0.274 e. The third kappa shape index (κ3) is 3.68. The maximum atomic E-state index is 12.2. The van der Waals surface area contributed by atoms with Crippen LogP contribution in [0.4, 0.5) is 11.4 Å². The number of hydrogen-bond donors (Lipinski definition) is 1. The SMILES string of the molecule is Cc1c(NC(=O)c2cc(Br)cc(Br)c2)cccc1[N+](=O)[O-]. The molecule has 0 fully saturated rings. The Balaban J connectivity index is 2.32. The van der Waals surface area contributed by atoms with E-state index in [4.69, 9.17) is 0 Å². The van der Waals surface area contributed by atoms with Crippen molar-refractivity contribution in [2.45, 2.75) is 6.92 Å². The van der Waals surface area contributed by atoms with Gasteiger partial charge in [0.15, 0.2) is 0 Å². The van der Waals surface area contributed by atoms with Crippen LogP contribution < -0.4 is 5.32 Å². The highest BCUT2D eigenvalue weighted by atomic mass is 79.9. The number of amides is 1. The Morgan fingerprint density at radius 1 is 1.19 bits per heavy atom. The summed E-state index contributed by atoms with van der Waals surface area (Å²) in [6, 6.07) is 9.74. The Bertz CT molecular complexity index is 712.